The van der Waals surface area contributed by atoms with Crippen LogP contribution in [0.15, 0.2) is 77.6 Å². The van der Waals surface area contributed by atoms with Crippen molar-refractivity contribution in [3.63, 3.8) is 0 Å². The van der Waals surface area contributed by atoms with E-state index in [1.165, 1.54) is 4.57 Å². The Morgan fingerprint density at radius 1 is 0.895 bits per heavy atom. The maximum absolute atomic E-state index is 14.4. The summed E-state index contributed by atoms with van der Waals surface area (Å²) in [5.74, 6) is -0.00260. The van der Waals surface area contributed by atoms with Crippen LogP contribution < -0.4 is 10.5 Å². The molecule has 0 bridgehead atoms. The number of anilines is 1. The average molecular weight is 499 g/mol. The van der Waals surface area contributed by atoms with E-state index in [2.05, 4.69) is 12.1 Å². The first kappa shape index (κ1) is 22.4. The first-order chi connectivity index (χ1) is 18.4. The molecule has 8 heteroatoms. The second-order valence-corrected chi connectivity index (χ2v) is 10.1. The predicted molar refractivity (Wildman–Crippen MR) is 141 cm³/mol. The molecule has 1 amide bonds. The Balaban J connectivity index is 1.69. The zero-order valence-corrected chi connectivity index (χ0v) is 20.8. The lowest BCUT2D eigenvalue weighted by molar-refractivity contribution is -0.124. The number of likely N-dealkylation sites (N-methyl/N-ethyl adjacent to an activating group) is 2. The Morgan fingerprint density at radius 3 is 2.24 bits per heavy atom. The van der Waals surface area contributed by atoms with Crippen LogP contribution in [-0.4, -0.2) is 40.5 Å². The fraction of sp³-hybridized carbons (Fsp3) is 0.233. The number of para-hydroxylation sites is 3. The smallest absolute Gasteiger partial charge is 0.266 e. The van der Waals surface area contributed by atoms with Crippen molar-refractivity contribution in [2.45, 2.75) is 17.9 Å². The fourth-order valence-electron chi connectivity index (χ4n) is 7.36. The first-order valence-electron chi connectivity index (χ1n) is 12.5. The van der Waals surface area contributed by atoms with Crippen LogP contribution in [0, 0.1) is 28.1 Å². The summed E-state index contributed by atoms with van der Waals surface area (Å²) in [6.07, 6.45) is 0. The highest BCUT2D eigenvalue weighted by atomic mass is 16.2. The second-order valence-electron chi connectivity index (χ2n) is 10.1. The lowest BCUT2D eigenvalue weighted by Gasteiger charge is -2.41. The Labute approximate surface area is 218 Å². The minimum Gasteiger partial charge on any atom is -0.311 e. The van der Waals surface area contributed by atoms with Crippen LogP contribution in [0.1, 0.15) is 23.9 Å². The van der Waals surface area contributed by atoms with E-state index >= 15 is 0 Å². The molecule has 0 saturated carbocycles. The van der Waals surface area contributed by atoms with Gasteiger partial charge in [0.25, 0.3) is 5.56 Å². The molecule has 1 unspecified atom stereocenters. The average Bonchev–Trinajstić information content (AvgIpc) is 3.48. The quantitative estimate of drug-likeness (QED) is 0.399. The number of nitriles is 2. The minimum absolute atomic E-state index is 0.109. The van der Waals surface area contributed by atoms with Gasteiger partial charge < -0.3 is 4.90 Å². The van der Waals surface area contributed by atoms with Gasteiger partial charge in [0.1, 0.15) is 16.8 Å². The van der Waals surface area contributed by atoms with Crippen LogP contribution >= 0.6 is 0 Å². The number of nitrogens with zero attached hydrogens (tertiary/aromatic N) is 6. The number of amides is 1. The minimum atomic E-state index is -1.94. The van der Waals surface area contributed by atoms with Crippen molar-refractivity contribution in [1.82, 2.24) is 14.5 Å². The first-order valence-corrected chi connectivity index (χ1v) is 12.5. The lowest BCUT2D eigenvalue weighted by atomic mass is 9.55. The maximum Gasteiger partial charge on any atom is 0.266 e. The summed E-state index contributed by atoms with van der Waals surface area (Å²) < 4.78 is 1.53. The molecule has 8 nitrogen and oxygen atoms in total. The fourth-order valence-corrected chi connectivity index (χ4v) is 7.36. The van der Waals surface area contributed by atoms with Gasteiger partial charge in [0, 0.05) is 24.3 Å². The normalized spacial score (nSPS) is 24.4. The van der Waals surface area contributed by atoms with Gasteiger partial charge in [-0.2, -0.15) is 10.5 Å². The maximum atomic E-state index is 14.4. The number of hydrogen-bond acceptors (Lipinski definition) is 6. The van der Waals surface area contributed by atoms with E-state index in [4.69, 9.17) is 4.98 Å². The number of aromatic nitrogens is 2. The summed E-state index contributed by atoms with van der Waals surface area (Å²) in [4.78, 5) is 36.9. The number of carbonyl (C=O) groups is 1. The third-order valence-electron chi connectivity index (χ3n) is 8.78. The van der Waals surface area contributed by atoms with Crippen molar-refractivity contribution >= 4 is 22.5 Å². The molecule has 1 fully saturated rings. The number of fused-ring (bicyclic) bond motifs is 8. The predicted octanol–water partition coefficient (Wildman–Crippen LogP) is 3.23. The molecular weight excluding hydrogens is 476 g/mol. The van der Waals surface area contributed by atoms with Crippen molar-refractivity contribution in [3.8, 4) is 17.8 Å². The van der Waals surface area contributed by atoms with Crippen LogP contribution in [0.2, 0.25) is 0 Å². The topological polar surface area (TPSA) is 106 Å². The van der Waals surface area contributed by atoms with E-state index in [1.807, 2.05) is 67.4 Å². The lowest BCUT2D eigenvalue weighted by Crippen LogP contribution is -2.57. The van der Waals surface area contributed by atoms with Crippen LogP contribution in [0.4, 0.5) is 5.69 Å². The van der Waals surface area contributed by atoms with E-state index in [9.17, 15) is 20.1 Å². The highest BCUT2D eigenvalue weighted by Crippen LogP contribution is 2.68. The number of rotatable bonds is 1. The summed E-state index contributed by atoms with van der Waals surface area (Å²) >= 11 is 0. The molecule has 4 heterocycles. The summed E-state index contributed by atoms with van der Waals surface area (Å²) in [7, 11) is 1.82. The van der Waals surface area contributed by atoms with Gasteiger partial charge in [-0.1, -0.05) is 48.5 Å². The standard InChI is InChI=1S/C30H22N6O2/c1-3-35-23-14-8-5-11-20(23)29(27(35)38)18-34(2)30(28(29,16-31)17-32)21-12-6-9-15-24(21)36-25(37)19-10-4-7-13-22(19)33-26(30)36/h4-15H,3,18H2,1-2H3/t29-,30?/m1/s1. The number of hydrogen-bond donors (Lipinski definition) is 0. The number of benzene rings is 3. The van der Waals surface area contributed by atoms with Crippen molar-refractivity contribution in [3.05, 3.63) is 100 Å². The van der Waals surface area contributed by atoms with E-state index in [0.29, 0.717) is 39.9 Å². The third-order valence-corrected chi connectivity index (χ3v) is 8.78. The van der Waals surface area contributed by atoms with Gasteiger partial charge in [0.05, 0.1) is 28.7 Å². The Bertz CT molecular complexity index is 1850. The largest absolute Gasteiger partial charge is 0.311 e. The van der Waals surface area contributed by atoms with Gasteiger partial charge in [-0.25, -0.2) is 4.98 Å². The van der Waals surface area contributed by atoms with Crippen molar-refractivity contribution in [2.24, 2.45) is 5.41 Å². The summed E-state index contributed by atoms with van der Waals surface area (Å²) in [5, 5.41) is 22.7. The van der Waals surface area contributed by atoms with Crippen molar-refractivity contribution in [2.75, 3.05) is 25.0 Å². The number of likely N-dealkylation sites (tertiary alicyclic amines) is 1. The zero-order chi connectivity index (χ0) is 26.4. The molecule has 3 aromatic carbocycles. The Morgan fingerprint density at radius 2 is 1.53 bits per heavy atom. The van der Waals surface area contributed by atoms with Crippen LogP contribution in [0.3, 0.4) is 0 Å². The molecule has 38 heavy (non-hydrogen) atoms. The molecule has 0 radical (unpaired) electrons. The van der Waals surface area contributed by atoms with E-state index < -0.39 is 16.4 Å². The van der Waals surface area contributed by atoms with Gasteiger partial charge in [0.15, 0.2) is 5.41 Å². The Hall–Kier alpha value is -4.79. The van der Waals surface area contributed by atoms with Gasteiger partial charge >= 0.3 is 0 Å². The highest BCUT2D eigenvalue weighted by molar-refractivity contribution is 6.10. The van der Waals surface area contributed by atoms with Gasteiger partial charge in [-0.05, 0) is 43.8 Å². The molecular formula is C30H22N6O2. The molecule has 3 aliphatic rings. The van der Waals surface area contributed by atoms with Crippen LogP contribution in [-0.2, 0) is 15.7 Å². The van der Waals surface area contributed by atoms with E-state index in [0.717, 1.165) is 0 Å². The molecule has 0 N–H and O–H groups in total. The molecule has 1 aromatic heterocycles. The van der Waals surface area contributed by atoms with E-state index in [1.54, 1.807) is 29.2 Å². The van der Waals surface area contributed by atoms with Crippen LogP contribution in [0.5, 0.6) is 0 Å². The Kier molecular flexibility index (Phi) is 4.22. The monoisotopic (exact) mass is 498 g/mol. The molecule has 3 aliphatic heterocycles. The molecule has 0 aliphatic carbocycles. The van der Waals surface area contributed by atoms with Crippen molar-refractivity contribution < 1.29 is 4.79 Å². The van der Waals surface area contributed by atoms with E-state index in [-0.39, 0.29) is 23.8 Å². The summed E-state index contributed by atoms with van der Waals surface area (Å²) in [6.45, 7) is 2.39. The highest BCUT2D eigenvalue weighted by Gasteiger charge is 2.81. The molecule has 2 atom stereocenters. The second kappa shape index (κ2) is 7.16. The van der Waals surface area contributed by atoms with Gasteiger partial charge in [-0.3, -0.25) is 19.1 Å². The SMILES string of the molecule is CCN1C(=O)[C@@]2(CN(C)C3(c4ccccc4-n4c3nc3ccccc3c4=O)C2(C#N)C#N)c2ccccc21. The molecule has 1 saturated heterocycles. The summed E-state index contributed by atoms with van der Waals surface area (Å²) in [6, 6.07) is 26.6. The molecule has 4 aromatic rings. The third kappa shape index (κ3) is 2.07. The van der Waals surface area contributed by atoms with Crippen molar-refractivity contribution in [1.29, 1.82) is 10.5 Å². The molecule has 2 spiro atoms. The number of carbonyl (C=O) groups excluding carboxylic acids is 1. The van der Waals surface area contributed by atoms with Gasteiger partial charge in [0.2, 0.25) is 5.91 Å². The summed E-state index contributed by atoms with van der Waals surface area (Å²) in [5.41, 5.74) is -2.19. The molecule has 7 rings (SSSR count). The zero-order valence-electron chi connectivity index (χ0n) is 20.8. The van der Waals surface area contributed by atoms with Gasteiger partial charge in [-0.15, -0.1) is 0 Å². The van der Waals surface area contributed by atoms with Crippen LogP contribution in [0.25, 0.3) is 16.6 Å². The molecule has 184 valence electrons.